The number of nitrogens with one attached hydrogen (secondary N) is 2. The third kappa shape index (κ3) is 4.58. The maximum Gasteiger partial charge on any atom is 0.288 e. The monoisotopic (exact) mass is 473 g/mol. The number of ether oxygens (including phenoxy) is 1. The molecule has 3 aliphatic rings. The Morgan fingerprint density at radius 3 is 2.67 bits per heavy atom. The lowest BCUT2D eigenvalue weighted by Crippen LogP contribution is -2.58. The van der Waals surface area contributed by atoms with Crippen molar-refractivity contribution in [3.8, 4) is 5.88 Å². The van der Waals surface area contributed by atoms with Crippen LogP contribution in [0.15, 0.2) is 29.3 Å². The van der Waals surface area contributed by atoms with Gasteiger partial charge in [-0.05, 0) is 60.6 Å². The molecule has 0 saturated heterocycles. The van der Waals surface area contributed by atoms with Crippen molar-refractivity contribution in [3.63, 3.8) is 0 Å². The number of fused-ring (bicyclic) bond motifs is 2. The molecule has 178 valence electrons. The van der Waals surface area contributed by atoms with E-state index >= 15 is 0 Å². The third-order valence-electron chi connectivity index (χ3n) is 7.56. The highest BCUT2D eigenvalue weighted by Gasteiger charge is 2.56. The molecule has 2 aromatic heterocycles. The summed E-state index contributed by atoms with van der Waals surface area (Å²) in [7, 11) is 0. The van der Waals surface area contributed by atoms with Gasteiger partial charge in [0.25, 0.3) is 11.4 Å². The summed E-state index contributed by atoms with van der Waals surface area (Å²) in [6.45, 7) is 9.25. The van der Waals surface area contributed by atoms with Crippen molar-refractivity contribution >= 4 is 23.2 Å². The molecule has 3 saturated carbocycles. The number of carbonyl (C=O) groups excluding carboxylic acids is 1. The molecule has 3 aliphatic carbocycles. The molecule has 0 aromatic carbocycles. The SMILES string of the molecule is CCOc1nn(CC(=O)NCc2ccncc2)c(=O)c(Cl)c1NC1C[C@@H]2C[C@H]([C@H]1C)C2(C)C. The highest BCUT2D eigenvalue weighted by atomic mass is 35.5. The lowest BCUT2D eigenvalue weighted by molar-refractivity contribution is -0.122. The van der Waals surface area contributed by atoms with Gasteiger partial charge in [0.2, 0.25) is 5.91 Å². The van der Waals surface area contributed by atoms with E-state index < -0.39 is 5.56 Å². The smallest absolute Gasteiger partial charge is 0.288 e. The summed E-state index contributed by atoms with van der Waals surface area (Å²) in [4.78, 5) is 29.3. The molecule has 8 nitrogen and oxygen atoms in total. The molecular formula is C24H32ClN5O3. The van der Waals surface area contributed by atoms with E-state index in [1.807, 2.05) is 19.1 Å². The molecule has 3 fully saturated rings. The highest BCUT2D eigenvalue weighted by molar-refractivity contribution is 6.33. The number of halogens is 1. The summed E-state index contributed by atoms with van der Waals surface area (Å²) in [6.07, 6.45) is 5.59. The number of pyridine rings is 1. The van der Waals surface area contributed by atoms with E-state index in [2.05, 4.69) is 41.5 Å². The molecule has 1 unspecified atom stereocenters. The molecule has 0 radical (unpaired) electrons. The number of anilines is 1. The Balaban J connectivity index is 1.50. The quantitative estimate of drug-likeness (QED) is 0.609. The largest absolute Gasteiger partial charge is 0.475 e. The average molecular weight is 474 g/mol. The zero-order chi connectivity index (χ0) is 23.8. The van der Waals surface area contributed by atoms with Gasteiger partial charge in [0, 0.05) is 25.0 Å². The minimum Gasteiger partial charge on any atom is -0.475 e. The lowest BCUT2D eigenvalue weighted by Gasteiger charge is -2.62. The molecule has 1 amide bonds. The summed E-state index contributed by atoms with van der Waals surface area (Å²) in [5, 5.41) is 10.6. The first-order valence-corrected chi connectivity index (χ1v) is 12.0. The Kier molecular flexibility index (Phi) is 6.66. The van der Waals surface area contributed by atoms with Crippen LogP contribution in [0.1, 0.15) is 46.1 Å². The topological polar surface area (TPSA) is 98.1 Å². The van der Waals surface area contributed by atoms with Gasteiger partial charge >= 0.3 is 0 Å². The van der Waals surface area contributed by atoms with Gasteiger partial charge in [-0.1, -0.05) is 32.4 Å². The van der Waals surface area contributed by atoms with Gasteiger partial charge in [0.1, 0.15) is 17.3 Å². The van der Waals surface area contributed by atoms with Gasteiger partial charge in [-0.2, -0.15) is 0 Å². The van der Waals surface area contributed by atoms with Crippen LogP contribution in [0, 0.1) is 23.2 Å². The van der Waals surface area contributed by atoms with Gasteiger partial charge in [0.05, 0.1) is 6.61 Å². The van der Waals surface area contributed by atoms with E-state index in [9.17, 15) is 9.59 Å². The molecule has 33 heavy (non-hydrogen) atoms. The number of rotatable bonds is 8. The van der Waals surface area contributed by atoms with Crippen LogP contribution in [-0.2, 0) is 17.9 Å². The number of nitrogens with zero attached hydrogens (tertiary/aromatic N) is 3. The standard InChI is InChI=1S/C24H32ClN5O3/c1-5-33-22-21(28-18-11-16-10-17(14(18)2)24(16,3)4)20(25)23(32)30(29-22)13-19(31)27-12-15-6-8-26-9-7-15/h6-9,14,16-18,28H,5,10-13H2,1-4H3,(H,27,31)/t14-,16+,17-,18?/m1/s1. The van der Waals surface area contributed by atoms with Crippen LogP contribution >= 0.6 is 11.6 Å². The summed E-state index contributed by atoms with van der Waals surface area (Å²) in [5.41, 5.74) is 1.17. The van der Waals surface area contributed by atoms with Gasteiger partial charge in [-0.25, -0.2) is 4.68 Å². The fourth-order valence-electron chi connectivity index (χ4n) is 5.41. The zero-order valence-corrected chi connectivity index (χ0v) is 20.4. The van der Waals surface area contributed by atoms with Gasteiger partial charge in [0.15, 0.2) is 0 Å². The first-order valence-electron chi connectivity index (χ1n) is 11.6. The highest BCUT2D eigenvalue weighted by Crippen LogP contribution is 2.61. The van der Waals surface area contributed by atoms with E-state index in [-0.39, 0.29) is 29.4 Å². The van der Waals surface area contributed by atoms with Crippen LogP contribution in [0.3, 0.4) is 0 Å². The predicted octanol–water partition coefficient (Wildman–Crippen LogP) is 3.49. The van der Waals surface area contributed by atoms with Crippen LogP contribution in [0.5, 0.6) is 5.88 Å². The summed E-state index contributed by atoms with van der Waals surface area (Å²) < 4.78 is 6.78. The second-order valence-electron chi connectivity index (χ2n) is 9.73. The van der Waals surface area contributed by atoms with Crippen molar-refractivity contribution in [1.29, 1.82) is 0 Å². The van der Waals surface area contributed by atoms with Crippen molar-refractivity contribution in [2.45, 2.75) is 59.7 Å². The Bertz CT molecular complexity index is 1070. The molecule has 9 heteroatoms. The molecule has 2 N–H and O–H groups in total. The van der Waals surface area contributed by atoms with Crippen molar-refractivity contribution < 1.29 is 9.53 Å². The first-order chi connectivity index (χ1) is 15.7. The number of aromatic nitrogens is 3. The van der Waals surface area contributed by atoms with Crippen LogP contribution in [0.25, 0.3) is 0 Å². The molecule has 5 rings (SSSR count). The van der Waals surface area contributed by atoms with E-state index in [0.717, 1.165) is 16.7 Å². The minimum absolute atomic E-state index is 0.00101. The molecule has 0 aliphatic heterocycles. The van der Waals surface area contributed by atoms with E-state index in [0.29, 0.717) is 42.0 Å². The predicted molar refractivity (Wildman–Crippen MR) is 127 cm³/mol. The minimum atomic E-state index is -0.518. The number of carbonyl (C=O) groups is 1. The van der Waals surface area contributed by atoms with Crippen molar-refractivity contribution in [1.82, 2.24) is 20.1 Å². The second-order valence-corrected chi connectivity index (χ2v) is 10.1. The summed E-state index contributed by atoms with van der Waals surface area (Å²) >= 11 is 6.51. The van der Waals surface area contributed by atoms with E-state index in [1.54, 1.807) is 12.4 Å². The van der Waals surface area contributed by atoms with Crippen LogP contribution in [-0.4, -0.2) is 33.3 Å². The van der Waals surface area contributed by atoms with E-state index in [1.165, 1.54) is 6.42 Å². The normalized spacial score (nSPS) is 25.1. The van der Waals surface area contributed by atoms with E-state index in [4.69, 9.17) is 16.3 Å². The molecule has 2 aromatic rings. The van der Waals surface area contributed by atoms with Crippen LogP contribution in [0.4, 0.5) is 5.69 Å². The Morgan fingerprint density at radius 1 is 1.30 bits per heavy atom. The van der Waals surface area contributed by atoms with Crippen LogP contribution < -0.4 is 20.9 Å². The fourth-order valence-corrected chi connectivity index (χ4v) is 5.64. The Morgan fingerprint density at radius 2 is 2.03 bits per heavy atom. The second kappa shape index (κ2) is 9.33. The molecule has 2 bridgehead atoms. The number of hydrogen-bond acceptors (Lipinski definition) is 6. The van der Waals surface area contributed by atoms with Crippen molar-refractivity contribution in [2.24, 2.45) is 23.2 Å². The van der Waals surface area contributed by atoms with Crippen LogP contribution in [0.2, 0.25) is 5.02 Å². The molecule has 0 spiro atoms. The van der Waals surface area contributed by atoms with Gasteiger partial charge in [-0.3, -0.25) is 14.6 Å². The summed E-state index contributed by atoms with van der Waals surface area (Å²) in [5.74, 6) is 1.64. The first kappa shape index (κ1) is 23.5. The fraction of sp³-hybridized carbons (Fsp3) is 0.583. The van der Waals surface area contributed by atoms with Gasteiger partial charge in [-0.15, -0.1) is 5.10 Å². The van der Waals surface area contributed by atoms with Gasteiger partial charge < -0.3 is 15.4 Å². The maximum atomic E-state index is 12.9. The maximum absolute atomic E-state index is 12.9. The Labute approximate surface area is 199 Å². The zero-order valence-electron chi connectivity index (χ0n) is 19.6. The Hall–Kier alpha value is -2.61. The molecule has 4 atom stereocenters. The number of hydrogen-bond donors (Lipinski definition) is 2. The summed E-state index contributed by atoms with van der Waals surface area (Å²) in [6, 6.07) is 3.82. The van der Waals surface area contributed by atoms with Crippen molar-refractivity contribution in [2.75, 3.05) is 11.9 Å². The lowest BCUT2D eigenvalue weighted by atomic mass is 9.45. The number of amides is 1. The average Bonchev–Trinajstić information content (AvgIpc) is 2.80. The molecule has 2 heterocycles. The molecular weight excluding hydrogens is 442 g/mol. The van der Waals surface area contributed by atoms with Crippen molar-refractivity contribution in [3.05, 3.63) is 45.5 Å². The third-order valence-corrected chi connectivity index (χ3v) is 7.92.